The summed E-state index contributed by atoms with van der Waals surface area (Å²) < 4.78 is 5.79. The molecule has 0 aliphatic carbocycles. The highest BCUT2D eigenvalue weighted by atomic mass is 16.5. The Kier molecular flexibility index (Phi) is 4.84. The van der Waals surface area contributed by atoms with Gasteiger partial charge in [-0.1, -0.05) is 12.1 Å². The number of anilines is 1. The summed E-state index contributed by atoms with van der Waals surface area (Å²) in [5.41, 5.74) is 1.07. The van der Waals surface area contributed by atoms with E-state index in [1.165, 1.54) is 0 Å². The molecule has 1 saturated heterocycles. The van der Waals surface area contributed by atoms with Crippen LogP contribution in [0.4, 0.5) is 5.69 Å². The van der Waals surface area contributed by atoms with Gasteiger partial charge < -0.3 is 15.4 Å². The zero-order valence-corrected chi connectivity index (χ0v) is 11.3. The Bertz CT molecular complexity index is 362. The van der Waals surface area contributed by atoms with Crippen molar-refractivity contribution in [3.05, 3.63) is 24.3 Å². The predicted molar refractivity (Wildman–Crippen MR) is 75.1 cm³/mol. The average molecular weight is 249 g/mol. The second-order valence-corrected chi connectivity index (χ2v) is 4.87. The van der Waals surface area contributed by atoms with Gasteiger partial charge in [0.15, 0.2) is 0 Å². The van der Waals surface area contributed by atoms with Crippen molar-refractivity contribution < 1.29 is 4.74 Å². The maximum atomic E-state index is 5.79. The first kappa shape index (κ1) is 13.2. The van der Waals surface area contributed by atoms with Gasteiger partial charge in [-0.3, -0.25) is 4.90 Å². The summed E-state index contributed by atoms with van der Waals surface area (Å²) in [6.45, 7) is 9.32. The molecule has 2 rings (SSSR count). The number of para-hydroxylation sites is 2. The van der Waals surface area contributed by atoms with Crippen molar-refractivity contribution >= 4 is 5.69 Å². The Morgan fingerprint density at radius 3 is 2.72 bits per heavy atom. The third-order valence-electron chi connectivity index (χ3n) is 2.95. The second kappa shape index (κ2) is 6.61. The van der Waals surface area contributed by atoms with Crippen LogP contribution in [0.15, 0.2) is 24.3 Å². The van der Waals surface area contributed by atoms with E-state index in [1.807, 2.05) is 32.0 Å². The first-order valence-corrected chi connectivity index (χ1v) is 6.68. The largest absolute Gasteiger partial charge is 0.489 e. The van der Waals surface area contributed by atoms with Crippen LogP contribution in [0.1, 0.15) is 13.8 Å². The number of nitrogens with one attached hydrogen (secondary N) is 2. The zero-order valence-electron chi connectivity index (χ0n) is 11.3. The van der Waals surface area contributed by atoms with E-state index in [0.717, 1.165) is 44.3 Å². The molecule has 0 amide bonds. The quantitative estimate of drug-likeness (QED) is 0.833. The molecule has 0 bridgehead atoms. The van der Waals surface area contributed by atoms with E-state index >= 15 is 0 Å². The summed E-state index contributed by atoms with van der Waals surface area (Å²) in [5.74, 6) is 0.933. The lowest BCUT2D eigenvalue weighted by Gasteiger charge is -2.28. The molecule has 1 aliphatic heterocycles. The number of benzene rings is 1. The minimum absolute atomic E-state index is 0.201. The molecule has 1 aromatic rings. The molecule has 0 saturated carbocycles. The summed E-state index contributed by atoms with van der Waals surface area (Å²) >= 11 is 0. The summed E-state index contributed by atoms with van der Waals surface area (Å²) in [4.78, 5) is 2.41. The molecule has 1 fully saturated rings. The minimum atomic E-state index is 0.201. The smallest absolute Gasteiger partial charge is 0.142 e. The van der Waals surface area contributed by atoms with E-state index in [-0.39, 0.29) is 6.10 Å². The lowest BCUT2D eigenvalue weighted by Crippen LogP contribution is -2.45. The van der Waals surface area contributed by atoms with Gasteiger partial charge in [0.25, 0.3) is 0 Å². The summed E-state index contributed by atoms with van der Waals surface area (Å²) in [7, 11) is 0. The lowest BCUT2D eigenvalue weighted by atomic mass is 10.3. The maximum Gasteiger partial charge on any atom is 0.142 e. The fraction of sp³-hybridized carbons (Fsp3) is 0.571. The highest BCUT2D eigenvalue weighted by Crippen LogP contribution is 2.24. The molecule has 1 heterocycles. The molecular formula is C14H23N3O. The van der Waals surface area contributed by atoms with Gasteiger partial charge in [-0.25, -0.2) is 0 Å². The fourth-order valence-corrected chi connectivity index (χ4v) is 2.04. The molecule has 1 aromatic carbocycles. The standard InChI is InChI=1S/C14H23N3O/c1-12(2)18-14-6-4-3-5-13(14)16-11-17-9-7-15-8-10-17/h3-6,12,15-16H,7-11H2,1-2H3. The first-order chi connectivity index (χ1) is 8.75. The first-order valence-electron chi connectivity index (χ1n) is 6.68. The third kappa shape index (κ3) is 3.89. The van der Waals surface area contributed by atoms with E-state index in [4.69, 9.17) is 4.74 Å². The van der Waals surface area contributed by atoms with Crippen LogP contribution in [0, 0.1) is 0 Å². The van der Waals surface area contributed by atoms with Crippen LogP contribution in [0.25, 0.3) is 0 Å². The van der Waals surface area contributed by atoms with Crippen molar-refractivity contribution in [3.63, 3.8) is 0 Å². The van der Waals surface area contributed by atoms with E-state index in [9.17, 15) is 0 Å². The van der Waals surface area contributed by atoms with Gasteiger partial charge in [0, 0.05) is 26.2 Å². The molecule has 18 heavy (non-hydrogen) atoms. The average Bonchev–Trinajstić information content (AvgIpc) is 2.38. The van der Waals surface area contributed by atoms with Gasteiger partial charge in [0.05, 0.1) is 18.5 Å². The maximum absolute atomic E-state index is 5.79. The molecular weight excluding hydrogens is 226 g/mol. The molecule has 0 aromatic heterocycles. The van der Waals surface area contributed by atoms with Gasteiger partial charge in [-0.15, -0.1) is 0 Å². The van der Waals surface area contributed by atoms with Crippen LogP contribution in [0.5, 0.6) is 5.75 Å². The number of rotatable bonds is 5. The van der Waals surface area contributed by atoms with Crippen LogP contribution in [-0.4, -0.2) is 43.9 Å². The van der Waals surface area contributed by atoms with Crippen molar-refractivity contribution in [2.75, 3.05) is 38.2 Å². The fourth-order valence-electron chi connectivity index (χ4n) is 2.04. The van der Waals surface area contributed by atoms with E-state index in [1.54, 1.807) is 0 Å². The molecule has 100 valence electrons. The van der Waals surface area contributed by atoms with Crippen LogP contribution >= 0.6 is 0 Å². The van der Waals surface area contributed by atoms with E-state index in [0.29, 0.717) is 0 Å². The molecule has 0 spiro atoms. The lowest BCUT2D eigenvalue weighted by molar-refractivity contribution is 0.240. The number of hydrogen-bond donors (Lipinski definition) is 2. The number of piperazine rings is 1. The Balaban J connectivity index is 1.91. The van der Waals surface area contributed by atoms with Gasteiger partial charge in [0.1, 0.15) is 5.75 Å². The van der Waals surface area contributed by atoms with Crippen molar-refractivity contribution in [2.45, 2.75) is 20.0 Å². The minimum Gasteiger partial charge on any atom is -0.489 e. The second-order valence-electron chi connectivity index (χ2n) is 4.87. The van der Waals surface area contributed by atoms with Gasteiger partial charge in [-0.05, 0) is 26.0 Å². The van der Waals surface area contributed by atoms with Crippen molar-refractivity contribution in [1.29, 1.82) is 0 Å². The van der Waals surface area contributed by atoms with Gasteiger partial charge in [0.2, 0.25) is 0 Å². The highest BCUT2D eigenvalue weighted by Gasteiger charge is 2.10. The molecule has 4 nitrogen and oxygen atoms in total. The summed E-state index contributed by atoms with van der Waals surface area (Å²) in [6, 6.07) is 8.13. The molecule has 4 heteroatoms. The van der Waals surface area contributed by atoms with E-state index < -0.39 is 0 Å². The third-order valence-corrected chi connectivity index (χ3v) is 2.95. The van der Waals surface area contributed by atoms with Crippen molar-refractivity contribution in [3.8, 4) is 5.75 Å². The topological polar surface area (TPSA) is 36.5 Å². The van der Waals surface area contributed by atoms with Crippen molar-refractivity contribution in [2.24, 2.45) is 0 Å². The van der Waals surface area contributed by atoms with Crippen molar-refractivity contribution in [1.82, 2.24) is 10.2 Å². The van der Waals surface area contributed by atoms with Crippen LogP contribution < -0.4 is 15.4 Å². The molecule has 0 unspecified atom stereocenters. The molecule has 2 N–H and O–H groups in total. The Morgan fingerprint density at radius 2 is 2.00 bits per heavy atom. The number of ether oxygens (including phenoxy) is 1. The molecule has 1 aliphatic rings. The number of hydrogen-bond acceptors (Lipinski definition) is 4. The monoisotopic (exact) mass is 249 g/mol. The normalized spacial score (nSPS) is 16.8. The molecule has 0 radical (unpaired) electrons. The SMILES string of the molecule is CC(C)Oc1ccccc1NCN1CCNCC1. The summed E-state index contributed by atoms with van der Waals surface area (Å²) in [6.07, 6.45) is 0.201. The Labute approximate surface area is 109 Å². The van der Waals surface area contributed by atoms with E-state index in [2.05, 4.69) is 21.6 Å². The summed E-state index contributed by atoms with van der Waals surface area (Å²) in [5, 5.41) is 6.82. The van der Waals surface area contributed by atoms with Crippen LogP contribution in [0.3, 0.4) is 0 Å². The Morgan fingerprint density at radius 1 is 1.28 bits per heavy atom. The number of nitrogens with zero attached hydrogens (tertiary/aromatic N) is 1. The molecule has 0 atom stereocenters. The van der Waals surface area contributed by atoms with Crippen LogP contribution in [0.2, 0.25) is 0 Å². The predicted octanol–water partition coefficient (Wildman–Crippen LogP) is 1.75. The van der Waals surface area contributed by atoms with Gasteiger partial charge >= 0.3 is 0 Å². The Hall–Kier alpha value is -1.26. The highest BCUT2D eigenvalue weighted by molar-refractivity contribution is 5.56. The van der Waals surface area contributed by atoms with Crippen LogP contribution in [-0.2, 0) is 0 Å². The zero-order chi connectivity index (χ0) is 12.8. The van der Waals surface area contributed by atoms with Gasteiger partial charge in [-0.2, -0.15) is 0 Å².